The highest BCUT2D eigenvalue weighted by Gasteiger charge is 2.28. The number of aliphatic hydroxyl groups excluding tert-OH is 1. The Bertz CT molecular complexity index is 1500. The van der Waals surface area contributed by atoms with Gasteiger partial charge in [0.05, 0.1) is 39.9 Å². The fourth-order valence-electron chi connectivity index (χ4n) is 10.6. The predicted molar refractivity (Wildman–Crippen MR) is 355 cm³/mol. The van der Waals surface area contributed by atoms with E-state index in [1.165, 1.54) is 244 Å². The van der Waals surface area contributed by atoms with Gasteiger partial charge in [0, 0.05) is 6.42 Å². The lowest BCUT2D eigenvalue weighted by Gasteiger charge is -2.26. The molecular formula is C72H138N2O6P+. The van der Waals surface area contributed by atoms with Gasteiger partial charge in [0.1, 0.15) is 13.2 Å². The Kier molecular flexibility index (Phi) is 61.3. The highest BCUT2D eigenvalue weighted by Crippen LogP contribution is 2.43. The van der Waals surface area contributed by atoms with E-state index in [-0.39, 0.29) is 19.1 Å². The summed E-state index contributed by atoms with van der Waals surface area (Å²) < 4.78 is 23.9. The summed E-state index contributed by atoms with van der Waals surface area (Å²) in [7, 11) is 1.62. The maximum Gasteiger partial charge on any atom is 0.472 e. The molecule has 9 heteroatoms. The average Bonchev–Trinajstić information content (AvgIpc) is 3.43. The number of carbonyl (C=O) groups excluding carboxylic acids is 1. The number of nitrogens with zero attached hydrogens (tertiary/aromatic N) is 1. The molecule has 81 heavy (non-hydrogen) atoms. The molecule has 0 heterocycles. The van der Waals surface area contributed by atoms with Gasteiger partial charge < -0.3 is 19.8 Å². The lowest BCUT2D eigenvalue weighted by atomic mass is 10.0. The normalized spacial score (nSPS) is 14.0. The second-order valence-corrected chi connectivity index (χ2v) is 26.7. The number of likely N-dealkylation sites (N-methyl/N-ethyl adjacent to an activating group) is 1. The topological polar surface area (TPSA) is 105 Å². The highest BCUT2D eigenvalue weighted by atomic mass is 31.2. The predicted octanol–water partition coefficient (Wildman–Crippen LogP) is 22.4. The maximum absolute atomic E-state index is 13.1. The molecule has 0 aliphatic heterocycles. The molecule has 0 aliphatic carbocycles. The van der Waals surface area contributed by atoms with Crippen molar-refractivity contribution < 1.29 is 32.9 Å². The molecule has 3 unspecified atom stereocenters. The quantitative estimate of drug-likeness (QED) is 0.0243. The number of allylic oxidation sites excluding steroid dienone is 10. The Hall–Kier alpha value is -1.80. The number of hydrogen-bond donors (Lipinski definition) is 3. The molecule has 0 aromatic rings. The number of rotatable bonds is 65. The molecule has 3 N–H and O–H groups in total. The Morgan fingerprint density at radius 3 is 1.09 bits per heavy atom. The number of unbranched alkanes of at least 4 members (excludes halogenated alkanes) is 42. The Morgan fingerprint density at radius 1 is 0.432 bits per heavy atom. The summed E-state index contributed by atoms with van der Waals surface area (Å²) in [5, 5.41) is 14.2. The molecule has 0 bridgehead atoms. The van der Waals surface area contributed by atoms with Gasteiger partial charge in [-0.15, -0.1) is 0 Å². The largest absolute Gasteiger partial charge is 0.472 e. The van der Waals surface area contributed by atoms with Crippen LogP contribution in [0.1, 0.15) is 341 Å². The van der Waals surface area contributed by atoms with Gasteiger partial charge in [-0.05, 0) is 57.8 Å². The summed E-state index contributed by atoms with van der Waals surface area (Å²) in [6.45, 7) is 4.82. The van der Waals surface area contributed by atoms with Crippen molar-refractivity contribution in [1.82, 2.24) is 5.32 Å². The van der Waals surface area contributed by atoms with Crippen LogP contribution in [0.4, 0.5) is 0 Å². The minimum Gasteiger partial charge on any atom is -0.391 e. The van der Waals surface area contributed by atoms with Gasteiger partial charge in [-0.25, -0.2) is 4.57 Å². The van der Waals surface area contributed by atoms with E-state index in [1.54, 1.807) is 0 Å². The SMILES string of the molecule is CC/C=C\C/C=C\C/C=C\C/C=C\C/C=C\CCCCCCCCCCCCCC(=O)NC(COP(=O)(O)OCC[N+](C)(C)C)C(O)CCCCCCCCCCCCCCCCCCCCCCCCCCCCCCCCCC. The number of hydrogen-bond acceptors (Lipinski definition) is 5. The molecule has 0 fully saturated rings. The maximum atomic E-state index is 13.1. The number of phosphoric ester groups is 1. The van der Waals surface area contributed by atoms with Crippen molar-refractivity contribution in [2.75, 3.05) is 40.9 Å². The lowest BCUT2D eigenvalue weighted by Crippen LogP contribution is -2.46. The van der Waals surface area contributed by atoms with Crippen molar-refractivity contribution in [2.45, 2.75) is 353 Å². The molecule has 1 amide bonds. The zero-order chi connectivity index (χ0) is 59.1. The number of carbonyl (C=O) groups is 1. The van der Waals surface area contributed by atoms with Crippen LogP contribution in [0.25, 0.3) is 0 Å². The first kappa shape index (κ1) is 79.2. The van der Waals surface area contributed by atoms with E-state index in [0.29, 0.717) is 23.9 Å². The van der Waals surface area contributed by atoms with Gasteiger partial charge in [0.15, 0.2) is 0 Å². The molecular weight excluding hydrogens is 1020 g/mol. The molecule has 0 saturated heterocycles. The van der Waals surface area contributed by atoms with Crippen molar-refractivity contribution in [3.63, 3.8) is 0 Å². The van der Waals surface area contributed by atoms with Gasteiger partial charge in [0.2, 0.25) is 5.91 Å². The number of nitrogens with one attached hydrogen (secondary N) is 1. The Labute approximate surface area is 504 Å². The van der Waals surface area contributed by atoms with E-state index in [2.05, 4.69) is 79.9 Å². The highest BCUT2D eigenvalue weighted by molar-refractivity contribution is 7.47. The van der Waals surface area contributed by atoms with E-state index < -0.39 is 20.0 Å². The first-order valence-corrected chi connectivity index (χ1v) is 36.6. The summed E-state index contributed by atoms with van der Waals surface area (Å²) in [5.41, 5.74) is 0. The summed E-state index contributed by atoms with van der Waals surface area (Å²) in [6, 6.07) is -0.767. The van der Waals surface area contributed by atoms with Crippen LogP contribution in [-0.2, 0) is 18.4 Å². The monoisotopic (exact) mass is 1160 g/mol. The zero-order valence-electron chi connectivity index (χ0n) is 54.5. The fourth-order valence-corrected chi connectivity index (χ4v) is 11.3. The van der Waals surface area contributed by atoms with Gasteiger partial charge >= 0.3 is 7.82 Å². The zero-order valence-corrected chi connectivity index (χ0v) is 55.4. The van der Waals surface area contributed by atoms with Crippen molar-refractivity contribution in [2.24, 2.45) is 0 Å². The first-order chi connectivity index (χ1) is 39.5. The van der Waals surface area contributed by atoms with E-state index in [1.807, 2.05) is 21.1 Å². The summed E-state index contributed by atoms with van der Waals surface area (Å²) in [5.74, 6) is -0.145. The van der Waals surface area contributed by atoms with Crippen LogP contribution in [0.15, 0.2) is 60.8 Å². The summed E-state index contributed by atoms with van der Waals surface area (Å²) in [4.78, 5) is 23.5. The van der Waals surface area contributed by atoms with Crippen LogP contribution in [0, 0.1) is 0 Å². The van der Waals surface area contributed by atoms with E-state index in [0.717, 1.165) is 70.6 Å². The Balaban J connectivity index is 4.03. The van der Waals surface area contributed by atoms with Crippen LogP contribution in [0.2, 0.25) is 0 Å². The first-order valence-electron chi connectivity index (χ1n) is 35.2. The molecule has 0 aromatic carbocycles. The number of quaternary nitrogens is 1. The lowest BCUT2D eigenvalue weighted by molar-refractivity contribution is -0.870. The molecule has 8 nitrogen and oxygen atoms in total. The molecule has 0 radical (unpaired) electrons. The van der Waals surface area contributed by atoms with Crippen molar-refractivity contribution >= 4 is 13.7 Å². The van der Waals surface area contributed by atoms with Crippen molar-refractivity contribution in [3.8, 4) is 0 Å². The van der Waals surface area contributed by atoms with Crippen LogP contribution >= 0.6 is 7.82 Å². The number of aliphatic hydroxyl groups is 1. The van der Waals surface area contributed by atoms with Gasteiger partial charge in [-0.2, -0.15) is 0 Å². The molecule has 0 spiro atoms. The summed E-state index contributed by atoms with van der Waals surface area (Å²) in [6.07, 6.45) is 86.1. The smallest absolute Gasteiger partial charge is 0.391 e. The second-order valence-electron chi connectivity index (χ2n) is 25.2. The van der Waals surface area contributed by atoms with E-state index >= 15 is 0 Å². The third-order valence-electron chi connectivity index (χ3n) is 16.0. The molecule has 3 atom stereocenters. The Morgan fingerprint density at radius 2 is 0.741 bits per heavy atom. The van der Waals surface area contributed by atoms with Crippen LogP contribution in [0.5, 0.6) is 0 Å². The van der Waals surface area contributed by atoms with Gasteiger partial charge in [-0.3, -0.25) is 13.8 Å². The van der Waals surface area contributed by atoms with E-state index in [4.69, 9.17) is 9.05 Å². The molecule has 0 aliphatic rings. The molecule has 0 rings (SSSR count). The van der Waals surface area contributed by atoms with Gasteiger partial charge in [0.25, 0.3) is 0 Å². The van der Waals surface area contributed by atoms with Crippen LogP contribution in [0.3, 0.4) is 0 Å². The second kappa shape index (κ2) is 62.7. The van der Waals surface area contributed by atoms with Crippen LogP contribution in [-0.4, -0.2) is 73.4 Å². The number of amides is 1. The number of phosphoric acid groups is 1. The molecule has 0 aromatic heterocycles. The average molecular weight is 1160 g/mol. The minimum atomic E-state index is -4.33. The third-order valence-corrected chi connectivity index (χ3v) is 17.0. The standard InChI is InChI=1S/C72H137N2O6P/c1-6-8-10-12-14-16-18-20-22-24-26-28-30-32-34-35-36-37-38-40-41-43-45-47-49-51-53-55-57-59-61-63-65-71(75)70(69-80-81(77,78)79-68-67-74(3,4)5)73-72(76)66-64-62-60-58-56-54-52-50-48-46-44-42-39-33-31-29-27-25-23-21-19-17-15-13-11-9-7-2/h9,11,15,17,21,23,27,29,33,39,70-71,75H,6-8,10,12-14,16,18-20,22,24-26,28,30-32,34-38,40-69H2,1-5H3,(H-,73,76,77,78)/p+1/b11-9-,17-15-,23-21-,29-27-,39-33-. The molecule has 0 saturated carbocycles. The van der Waals surface area contributed by atoms with Crippen molar-refractivity contribution in [3.05, 3.63) is 60.8 Å². The third kappa shape index (κ3) is 65.6. The fraction of sp³-hybridized carbons (Fsp3) is 0.847. The van der Waals surface area contributed by atoms with E-state index in [9.17, 15) is 19.4 Å². The van der Waals surface area contributed by atoms with Gasteiger partial charge in [-0.1, -0.05) is 338 Å². The minimum absolute atomic E-state index is 0.0730. The van der Waals surface area contributed by atoms with Crippen molar-refractivity contribution in [1.29, 1.82) is 0 Å². The van der Waals surface area contributed by atoms with Crippen LogP contribution < -0.4 is 5.32 Å². The summed E-state index contributed by atoms with van der Waals surface area (Å²) >= 11 is 0. The molecule has 476 valence electrons.